The monoisotopic (exact) mass is 426 g/mol. The normalized spacial score (nSPS) is 20.5. The molecule has 7 nitrogen and oxygen atoms in total. The number of allylic oxidation sites excluding steroid dienone is 3. The van der Waals surface area contributed by atoms with Crippen LogP contribution in [0.25, 0.3) is 5.57 Å². The van der Waals surface area contributed by atoms with Gasteiger partial charge in [0.2, 0.25) is 0 Å². The van der Waals surface area contributed by atoms with Crippen molar-refractivity contribution in [1.29, 1.82) is 0 Å². The van der Waals surface area contributed by atoms with Crippen LogP contribution in [-0.2, 0) is 11.2 Å². The molecule has 3 heterocycles. The summed E-state index contributed by atoms with van der Waals surface area (Å²) in [5.41, 5.74) is 14.1. The van der Waals surface area contributed by atoms with Crippen molar-refractivity contribution < 1.29 is 4.79 Å². The molecule has 162 valence electrons. The maximum absolute atomic E-state index is 12.5. The number of nitrogens with zero attached hydrogens (tertiary/aromatic N) is 1. The summed E-state index contributed by atoms with van der Waals surface area (Å²) in [5.74, 6) is -0.116. The van der Waals surface area contributed by atoms with E-state index in [0.717, 1.165) is 47.7 Å². The molecule has 3 aliphatic heterocycles. The van der Waals surface area contributed by atoms with Crippen molar-refractivity contribution in [1.82, 2.24) is 10.6 Å². The molecule has 0 saturated heterocycles. The fourth-order valence-corrected chi connectivity index (χ4v) is 4.33. The van der Waals surface area contributed by atoms with Gasteiger partial charge < -0.3 is 27.0 Å². The number of aliphatic imine (C=N–C) groups is 1. The molecule has 1 atom stereocenters. The van der Waals surface area contributed by atoms with Crippen LogP contribution in [0.4, 0.5) is 17.1 Å². The van der Waals surface area contributed by atoms with E-state index in [1.807, 2.05) is 37.5 Å². The second-order valence-electron chi connectivity index (χ2n) is 8.25. The Hall–Kier alpha value is -4.00. The van der Waals surface area contributed by atoms with Gasteiger partial charge in [-0.2, -0.15) is 0 Å². The molecule has 32 heavy (non-hydrogen) atoms. The number of carbonyl (C=O) groups is 1. The van der Waals surface area contributed by atoms with Crippen LogP contribution in [0.15, 0.2) is 76.8 Å². The Morgan fingerprint density at radius 2 is 2.06 bits per heavy atom. The van der Waals surface area contributed by atoms with Gasteiger partial charge in [-0.05, 0) is 55.3 Å². The smallest absolute Gasteiger partial charge is 0.258 e. The number of hydrogen-bond donors (Lipinski definition) is 5. The first-order valence-corrected chi connectivity index (χ1v) is 10.8. The lowest BCUT2D eigenvalue weighted by Crippen LogP contribution is -2.45. The minimum absolute atomic E-state index is 0.116. The van der Waals surface area contributed by atoms with E-state index in [4.69, 9.17) is 5.73 Å². The molecule has 2 aromatic rings. The number of anilines is 3. The summed E-state index contributed by atoms with van der Waals surface area (Å²) in [6, 6.07) is 14.1. The van der Waals surface area contributed by atoms with E-state index in [0.29, 0.717) is 17.3 Å². The summed E-state index contributed by atoms with van der Waals surface area (Å²) in [5, 5.41) is 13.4. The summed E-state index contributed by atoms with van der Waals surface area (Å²) >= 11 is 0. The number of nitrogen functional groups attached to an aromatic ring is 1. The predicted molar refractivity (Wildman–Crippen MR) is 130 cm³/mol. The number of carbonyl (C=O) groups excluding carboxylic acids is 1. The first kappa shape index (κ1) is 19.9. The van der Waals surface area contributed by atoms with E-state index >= 15 is 0 Å². The van der Waals surface area contributed by atoms with Crippen LogP contribution in [0, 0.1) is 0 Å². The van der Waals surface area contributed by atoms with Crippen LogP contribution >= 0.6 is 0 Å². The Bertz CT molecular complexity index is 1190. The molecule has 3 aliphatic rings. The van der Waals surface area contributed by atoms with Gasteiger partial charge in [0.15, 0.2) is 0 Å². The van der Waals surface area contributed by atoms with Crippen LogP contribution in [0.1, 0.15) is 24.5 Å². The average molecular weight is 427 g/mol. The fraction of sp³-hybridized carbons (Fsp3) is 0.200. The molecule has 0 saturated carbocycles. The third-order valence-electron chi connectivity index (χ3n) is 5.90. The Labute approximate surface area is 187 Å². The van der Waals surface area contributed by atoms with Crippen LogP contribution in [0.3, 0.4) is 0 Å². The molecule has 5 rings (SSSR count). The Kier molecular flexibility index (Phi) is 5.15. The largest absolute Gasteiger partial charge is 0.399 e. The maximum atomic E-state index is 12.5. The minimum atomic E-state index is -0.116. The lowest BCUT2D eigenvalue weighted by atomic mass is 10.0. The van der Waals surface area contributed by atoms with Crippen molar-refractivity contribution in [3.8, 4) is 0 Å². The van der Waals surface area contributed by atoms with E-state index in [9.17, 15) is 4.79 Å². The van der Waals surface area contributed by atoms with Crippen molar-refractivity contribution >= 4 is 34.8 Å². The molecule has 0 aromatic heterocycles. The maximum Gasteiger partial charge on any atom is 0.258 e. The molecule has 2 aromatic carbocycles. The number of benzene rings is 2. The van der Waals surface area contributed by atoms with Gasteiger partial charge in [0.25, 0.3) is 5.91 Å². The highest BCUT2D eigenvalue weighted by Crippen LogP contribution is 2.35. The molecule has 0 fully saturated rings. The van der Waals surface area contributed by atoms with E-state index in [1.54, 1.807) is 6.07 Å². The molecule has 0 bridgehead atoms. The minimum Gasteiger partial charge on any atom is -0.399 e. The second-order valence-corrected chi connectivity index (χ2v) is 8.25. The van der Waals surface area contributed by atoms with E-state index in [1.165, 1.54) is 11.3 Å². The Morgan fingerprint density at radius 1 is 1.22 bits per heavy atom. The Balaban J connectivity index is 1.27. The van der Waals surface area contributed by atoms with Crippen molar-refractivity contribution in [2.24, 2.45) is 4.99 Å². The van der Waals surface area contributed by atoms with Crippen LogP contribution in [-0.4, -0.2) is 24.7 Å². The highest BCUT2D eigenvalue weighted by molar-refractivity contribution is 6.32. The average Bonchev–Trinajstić information content (AvgIpc) is 2.94. The molecule has 0 aliphatic carbocycles. The molecular formula is C25H26N6O. The van der Waals surface area contributed by atoms with E-state index in [2.05, 4.69) is 50.5 Å². The summed E-state index contributed by atoms with van der Waals surface area (Å²) in [6.45, 7) is 2.78. The zero-order valence-electron chi connectivity index (χ0n) is 17.9. The first-order valence-electron chi connectivity index (χ1n) is 10.8. The van der Waals surface area contributed by atoms with Crippen LogP contribution in [0.2, 0.25) is 0 Å². The molecule has 1 unspecified atom stereocenters. The lowest BCUT2D eigenvalue weighted by molar-refractivity contribution is -0.110. The molecular weight excluding hydrogens is 400 g/mol. The SMILES string of the molecule is CC(Nc1ccc(CC2CNC3=C(CC=NC=C3)N2)cc1)=C1C(=O)Nc2ccc(N)cc21. The standard InChI is InChI=1S/C25H26N6O/c1-15(24-20-13-17(26)4-7-21(20)31-25(24)32)29-18-5-2-16(3-6-18)12-19-14-28-22-8-10-27-11-9-23(22)30-19/h2-8,10-11,13,19,28-30H,9,12,14,26H2,1H3,(H,31,32). The quantitative estimate of drug-likeness (QED) is 0.381. The number of hydrogen-bond acceptors (Lipinski definition) is 6. The third-order valence-corrected chi connectivity index (χ3v) is 5.90. The number of rotatable bonds is 4. The van der Waals surface area contributed by atoms with E-state index < -0.39 is 0 Å². The topological polar surface area (TPSA) is 104 Å². The molecule has 7 heteroatoms. The Morgan fingerprint density at radius 3 is 2.91 bits per heavy atom. The third kappa shape index (κ3) is 3.97. The summed E-state index contributed by atoms with van der Waals surface area (Å²) in [6.07, 6.45) is 7.48. The van der Waals surface area contributed by atoms with Gasteiger partial charge in [0, 0.05) is 65.4 Å². The summed E-state index contributed by atoms with van der Waals surface area (Å²) < 4.78 is 0. The molecule has 0 radical (unpaired) electrons. The number of fused-ring (bicyclic) bond motifs is 1. The van der Waals surface area contributed by atoms with E-state index in [-0.39, 0.29) is 5.91 Å². The van der Waals surface area contributed by atoms with Crippen molar-refractivity contribution in [3.05, 3.63) is 83.0 Å². The lowest BCUT2D eigenvalue weighted by Gasteiger charge is -2.29. The zero-order valence-corrected chi connectivity index (χ0v) is 17.9. The highest BCUT2D eigenvalue weighted by Gasteiger charge is 2.26. The molecule has 0 spiro atoms. The predicted octanol–water partition coefficient (Wildman–Crippen LogP) is 3.37. The van der Waals surface area contributed by atoms with Crippen LogP contribution in [0.5, 0.6) is 0 Å². The van der Waals surface area contributed by atoms with Gasteiger partial charge in [-0.15, -0.1) is 0 Å². The van der Waals surface area contributed by atoms with Crippen molar-refractivity contribution in [2.75, 3.05) is 22.9 Å². The molecule has 6 N–H and O–H groups in total. The molecule has 1 amide bonds. The zero-order chi connectivity index (χ0) is 22.1. The van der Waals surface area contributed by atoms with Crippen molar-refractivity contribution in [3.63, 3.8) is 0 Å². The fourth-order valence-electron chi connectivity index (χ4n) is 4.33. The summed E-state index contributed by atoms with van der Waals surface area (Å²) in [4.78, 5) is 16.7. The van der Waals surface area contributed by atoms with Gasteiger partial charge in [0.1, 0.15) is 0 Å². The number of nitrogens with one attached hydrogen (secondary N) is 4. The van der Waals surface area contributed by atoms with Gasteiger partial charge >= 0.3 is 0 Å². The highest BCUT2D eigenvalue weighted by atomic mass is 16.2. The van der Waals surface area contributed by atoms with Crippen molar-refractivity contribution in [2.45, 2.75) is 25.8 Å². The number of amides is 1. The van der Waals surface area contributed by atoms with Gasteiger partial charge in [-0.1, -0.05) is 12.1 Å². The van der Waals surface area contributed by atoms with Gasteiger partial charge in [-0.3, -0.25) is 9.79 Å². The first-order chi connectivity index (χ1) is 15.6. The van der Waals surface area contributed by atoms with Gasteiger partial charge in [-0.25, -0.2) is 0 Å². The van der Waals surface area contributed by atoms with Crippen LogP contribution < -0.4 is 27.0 Å². The number of nitrogens with two attached hydrogens (primary N) is 1. The summed E-state index contributed by atoms with van der Waals surface area (Å²) in [7, 11) is 0. The second kappa shape index (κ2) is 8.26. The van der Waals surface area contributed by atoms with Gasteiger partial charge in [0.05, 0.1) is 11.3 Å².